The lowest BCUT2D eigenvalue weighted by molar-refractivity contribution is -0.388. The van der Waals surface area contributed by atoms with Crippen molar-refractivity contribution in [1.29, 1.82) is 0 Å². The molecule has 19 N–H and O–H groups in total. The van der Waals surface area contributed by atoms with Crippen molar-refractivity contribution in [3.05, 3.63) is 0 Å². The van der Waals surface area contributed by atoms with Crippen LogP contribution in [-0.4, -0.2) is 432 Å². The van der Waals surface area contributed by atoms with Gasteiger partial charge in [-0.05, 0) is 68.6 Å². The molecule has 13 rings (SSSR count). The van der Waals surface area contributed by atoms with Gasteiger partial charge in [-0.2, -0.15) is 0 Å². The minimum atomic E-state index is -2.03. The summed E-state index contributed by atoms with van der Waals surface area (Å²) in [5.74, 6) is -7.60. The van der Waals surface area contributed by atoms with Crippen LogP contribution in [0, 0.1) is 94.7 Å². The molecule has 12 saturated heterocycles. The Balaban J connectivity index is 0.573. The average molecular weight is 1970 g/mol. The van der Waals surface area contributed by atoms with Gasteiger partial charge in [0.1, 0.15) is 129 Å². The van der Waals surface area contributed by atoms with Gasteiger partial charge in [0.05, 0.1) is 119 Å². The van der Waals surface area contributed by atoms with Gasteiger partial charge in [-0.25, -0.2) is 4.79 Å². The molecular weight excluding hydrogens is 1810 g/mol. The summed E-state index contributed by atoms with van der Waals surface area (Å²) in [7, 11) is 0. The van der Waals surface area contributed by atoms with E-state index in [-0.39, 0.29) is 41.4 Å². The van der Waals surface area contributed by atoms with E-state index in [0.717, 1.165) is 0 Å². The Hall–Kier alpha value is -2.21. The predicted octanol–water partition coefficient (Wildman–Crippen LogP) is -2.68. The van der Waals surface area contributed by atoms with Crippen molar-refractivity contribution >= 4 is 5.97 Å². The number of aliphatic hydroxyl groups excluding tert-OH is 18. The Morgan fingerprint density at radius 2 is 0.500 bits per heavy atom. The first-order valence-electron chi connectivity index (χ1n) is 49.1. The normalized spacial score (nSPS) is 54.2. The molecule has 12 heterocycles. The average Bonchev–Trinajstić information content (AvgIpc) is 1.52. The molecule has 0 radical (unpaired) electrons. The summed E-state index contributed by atoms with van der Waals surface area (Å²) < 4.78 is 154. The molecule has 44 heteroatoms. The summed E-state index contributed by atoms with van der Waals surface area (Å²) >= 11 is 0. The highest BCUT2D eigenvalue weighted by Gasteiger charge is 2.74. The summed E-state index contributed by atoms with van der Waals surface area (Å²) in [6, 6.07) is 0. The van der Waals surface area contributed by atoms with Gasteiger partial charge in [-0.3, -0.25) is 0 Å². The van der Waals surface area contributed by atoms with Crippen LogP contribution >= 0.6 is 0 Å². The van der Waals surface area contributed by atoms with Gasteiger partial charge in [0, 0.05) is 59.2 Å². The lowest BCUT2D eigenvalue weighted by atomic mass is 9.80. The number of carboxylic acids is 1. The highest BCUT2D eigenvalue weighted by molar-refractivity contribution is 5.73. The molecule has 1 aliphatic carbocycles. The van der Waals surface area contributed by atoms with E-state index in [4.69, 9.17) is 114 Å². The van der Waals surface area contributed by atoms with Crippen LogP contribution in [0.3, 0.4) is 0 Å². The van der Waals surface area contributed by atoms with Crippen molar-refractivity contribution in [3.8, 4) is 0 Å². The molecule has 790 valence electrons. The summed E-state index contributed by atoms with van der Waals surface area (Å²) in [5, 5.41) is 206. The van der Waals surface area contributed by atoms with Crippen LogP contribution in [0.2, 0.25) is 0 Å². The van der Waals surface area contributed by atoms with Crippen molar-refractivity contribution in [1.82, 2.24) is 0 Å². The van der Waals surface area contributed by atoms with E-state index in [1.807, 2.05) is 69.2 Å². The van der Waals surface area contributed by atoms with Crippen molar-refractivity contribution in [3.63, 3.8) is 0 Å². The zero-order valence-corrected chi connectivity index (χ0v) is 81.1. The van der Waals surface area contributed by atoms with Crippen LogP contribution in [0.1, 0.15) is 151 Å². The van der Waals surface area contributed by atoms with E-state index >= 15 is 0 Å². The quantitative estimate of drug-likeness (QED) is 0.0288. The first-order valence-corrected chi connectivity index (χ1v) is 49.1. The van der Waals surface area contributed by atoms with Gasteiger partial charge in [-0.1, -0.05) is 118 Å². The number of hydrogen-bond donors (Lipinski definition) is 19. The smallest absolute Gasteiger partial charge is 0.335 e. The van der Waals surface area contributed by atoms with Crippen molar-refractivity contribution in [2.45, 2.75) is 427 Å². The van der Waals surface area contributed by atoms with Crippen LogP contribution in [0.15, 0.2) is 0 Å². The van der Waals surface area contributed by atoms with Gasteiger partial charge in [-0.15, -0.1) is 0 Å². The number of carbonyl (C=O) groups is 1. The maximum atomic E-state index is 13.4. The molecule has 0 amide bonds. The second kappa shape index (κ2) is 46.9. The van der Waals surface area contributed by atoms with Crippen LogP contribution < -0.4 is 0 Å². The Morgan fingerprint density at radius 3 is 0.853 bits per heavy atom. The van der Waals surface area contributed by atoms with E-state index in [1.54, 1.807) is 34.6 Å². The number of fused-ring (bicyclic) bond motifs is 1. The first-order chi connectivity index (χ1) is 64.5. The zero-order chi connectivity index (χ0) is 99.5. The highest BCUT2D eigenvalue weighted by atomic mass is 16.8. The Kier molecular flexibility index (Phi) is 38.3. The summed E-state index contributed by atoms with van der Waals surface area (Å²) in [6.07, 6.45) is -53.1. The van der Waals surface area contributed by atoms with Gasteiger partial charge >= 0.3 is 5.97 Å². The molecule has 0 aromatic rings. The Morgan fingerprint density at radius 1 is 0.243 bits per heavy atom. The lowest BCUT2D eigenvalue weighted by Gasteiger charge is -2.52. The molecule has 0 aromatic carbocycles. The van der Waals surface area contributed by atoms with Crippen LogP contribution in [-0.2, 0) is 118 Å². The standard InChI is InChI=1S/C92H158O44/c1-20-46-68(124-81-38(11)32(5)70(48(22-3)116-81)126-83-40(13)35(8)72(52(26-96)119-83)129-89-65(108)61(104)77(53(27-97)121-89)133-90-66(109)62(105)76(54(28-98)122-90)132-88-64(107)60(103)59(102)49(23-93)118-88)31(4)37(10)80(115-46)125-69-33(6)39(12)82(117-47(69)21-2)127-71-34(7)41(14)84(120-51(71)25-95)130-74-36(9)42(15)85(134-78(74)79(111)112)131-75-55(29-99)123-91(67(110)63(75)106)136-92(19)56-43(16)86(135-87(57(56)92)113-30-100)128-73-44(17)58(101)45(18)114-50(73)24-94/h31-78,80-91,93-110H,20-30H2,1-19H3,(H,111,112)/t31-,32?,33-,34?,35?,36?,37?,38?,39?,40?,41?,42?,43?,44?,45-,46?,47?,48?,49?,50?,51?,52?,53?,54?,55?,56-,57+,58?,59-,60+,61-,62-,63-,64+,65?,66+,67?,68+,69+,70+,71+,72+,73+,74+,75-,76-,77-,78?,80+,81+,82+,83-,84-,85-,86+,87?,88?,89+,90?,91+,92?/m1/s1. The topological polar surface area (TPSA) is 623 Å². The fourth-order valence-electron chi connectivity index (χ4n) is 22.7. The molecule has 44 nitrogen and oxygen atoms in total. The summed E-state index contributed by atoms with van der Waals surface area (Å²) in [5.41, 5.74) is -1.20. The maximum absolute atomic E-state index is 13.4. The molecule has 1 saturated carbocycles. The molecule has 13 aliphatic rings. The monoisotopic (exact) mass is 1970 g/mol. The largest absolute Gasteiger partial charge is 0.479 e. The van der Waals surface area contributed by atoms with Crippen LogP contribution in [0.25, 0.3) is 0 Å². The molecule has 136 heavy (non-hydrogen) atoms. The van der Waals surface area contributed by atoms with Crippen molar-refractivity contribution in [2.75, 3.05) is 53.0 Å². The maximum Gasteiger partial charge on any atom is 0.335 e. The number of rotatable bonds is 35. The number of hydrogen-bond acceptors (Lipinski definition) is 43. The third-order valence-corrected chi connectivity index (χ3v) is 32.9. The second-order valence-corrected chi connectivity index (χ2v) is 41.0. The predicted molar refractivity (Wildman–Crippen MR) is 459 cm³/mol. The first kappa shape index (κ1) is 111. The SMILES string of the molecule is CCC1O[C@@H](O[C@@H]2C(CC)O[C@@H](O[C@@H]3C(CC)O[C@@H](O[C@@H]4C(CO)O[C@H](O[C@@H]5C(C(=O)O)O[C@@H](O[C@@H]6C(CO)O[C@@H](OC7(C)[C@@H]8C(OCO)O[C@H](O[C@@H]9C(CO)O[C@H](C)C(O)C9C)C(C)[C@H]87)C(O)[C@H]6O)C(C)C5C)C(C)C4C)C(C)[C@H]3C)C(C)[C@H]2C)C(C)C(C)[C@@H]1O[C@H]1OC(CO)[C@@H](O[C@@H]2OC(CO)[C@@H](OC3OC(CO)[C@@H](OC4OC(CO)[C@@H](O)[C@H](O)[C@@H]4O)[C@H](O)[C@@H]3O)[C@H](O)C2O)C(C)C1C. The molecule has 61 atom stereocenters. The fourth-order valence-corrected chi connectivity index (χ4v) is 22.7. The molecule has 30 unspecified atom stereocenters. The van der Waals surface area contributed by atoms with Gasteiger partial charge < -0.3 is 211 Å². The Labute approximate surface area is 793 Å². The van der Waals surface area contributed by atoms with E-state index in [9.17, 15) is 102 Å². The van der Waals surface area contributed by atoms with E-state index in [1.165, 1.54) is 0 Å². The number of aliphatic hydroxyl groups is 18. The molecule has 0 spiro atoms. The number of aliphatic carboxylic acids is 1. The van der Waals surface area contributed by atoms with E-state index in [2.05, 4.69) is 27.7 Å². The molecule has 12 aliphatic heterocycles. The third-order valence-electron chi connectivity index (χ3n) is 32.9. The zero-order valence-electron chi connectivity index (χ0n) is 81.1. The number of ether oxygens (including phenoxy) is 24. The molecular formula is C92H158O44. The summed E-state index contributed by atoms with van der Waals surface area (Å²) in [4.78, 5) is 13.4. The third kappa shape index (κ3) is 22.0. The molecule has 0 aromatic heterocycles. The second-order valence-electron chi connectivity index (χ2n) is 41.0. The van der Waals surface area contributed by atoms with Crippen molar-refractivity contribution < 1.29 is 216 Å². The van der Waals surface area contributed by atoms with Gasteiger partial charge in [0.25, 0.3) is 0 Å². The van der Waals surface area contributed by atoms with Gasteiger partial charge in [0.2, 0.25) is 0 Å². The van der Waals surface area contributed by atoms with Gasteiger partial charge in [0.15, 0.2) is 81.6 Å². The molecule has 0 bridgehead atoms. The lowest BCUT2D eigenvalue weighted by Crippen LogP contribution is -2.67. The Bertz CT molecular complexity index is 3650. The van der Waals surface area contributed by atoms with Crippen LogP contribution in [0.5, 0.6) is 0 Å². The summed E-state index contributed by atoms with van der Waals surface area (Å²) in [6.45, 7) is 31.1. The fraction of sp³-hybridized carbons (Fsp3) is 0.989. The van der Waals surface area contributed by atoms with E-state index < -0.39 is 389 Å². The van der Waals surface area contributed by atoms with Crippen molar-refractivity contribution in [2.24, 2.45) is 94.7 Å². The minimum Gasteiger partial charge on any atom is -0.479 e. The number of carboxylic acid groups (broad SMARTS) is 1. The van der Waals surface area contributed by atoms with Crippen LogP contribution in [0.4, 0.5) is 0 Å². The minimum absolute atomic E-state index is 0.116. The molecule has 13 fully saturated rings. The van der Waals surface area contributed by atoms with E-state index in [0.29, 0.717) is 19.3 Å². The highest BCUT2D eigenvalue weighted by Crippen LogP contribution is 2.65.